The zero-order chi connectivity index (χ0) is 9.52. The van der Waals surface area contributed by atoms with Gasteiger partial charge in [0, 0.05) is 0 Å². The van der Waals surface area contributed by atoms with Gasteiger partial charge in [-0.2, -0.15) is 0 Å². The maximum absolute atomic E-state index is 10.3. The predicted molar refractivity (Wildman–Crippen MR) is 53.6 cm³/mol. The molecule has 1 rings (SSSR count). The molecule has 0 aliphatic rings. The van der Waals surface area contributed by atoms with Crippen LogP contribution < -0.4 is 0 Å². The molecule has 2 nitrogen and oxygen atoms in total. The SMILES string of the molecule is O=C(O)[AsH]CCCc1cc[c]cc1. The Kier molecular flexibility index (Phi) is 4.62. The van der Waals surface area contributed by atoms with E-state index in [0.717, 1.165) is 18.1 Å². The first-order valence-corrected chi connectivity index (χ1v) is 6.74. The minimum atomic E-state index is -0.747. The number of hydrogen-bond donors (Lipinski definition) is 1. The summed E-state index contributed by atoms with van der Waals surface area (Å²) < 4.78 is -0.582. The van der Waals surface area contributed by atoms with Crippen molar-refractivity contribution in [3.63, 3.8) is 0 Å². The average Bonchev–Trinajstić information content (AvgIpc) is 2.14. The molecule has 0 aliphatic carbocycles. The number of hydrogen-bond acceptors (Lipinski definition) is 1. The summed E-state index contributed by atoms with van der Waals surface area (Å²) in [5.41, 5.74) is 1.27. The van der Waals surface area contributed by atoms with Crippen LogP contribution in [0.15, 0.2) is 24.3 Å². The molecule has 0 heterocycles. The Labute approximate surface area is 84.7 Å². The van der Waals surface area contributed by atoms with Crippen molar-refractivity contribution < 1.29 is 9.90 Å². The van der Waals surface area contributed by atoms with Gasteiger partial charge in [0.05, 0.1) is 0 Å². The van der Waals surface area contributed by atoms with Gasteiger partial charge in [0.15, 0.2) is 0 Å². The molecule has 1 aromatic carbocycles. The van der Waals surface area contributed by atoms with Crippen LogP contribution in [0.25, 0.3) is 0 Å². The van der Waals surface area contributed by atoms with Crippen molar-refractivity contribution in [3.05, 3.63) is 35.9 Å². The fraction of sp³-hybridized carbons (Fsp3) is 0.300. The van der Waals surface area contributed by atoms with Gasteiger partial charge in [0.25, 0.3) is 0 Å². The summed E-state index contributed by atoms with van der Waals surface area (Å²) >= 11 is -0.747. The molecule has 1 N–H and O–H groups in total. The van der Waals surface area contributed by atoms with Gasteiger partial charge in [-0.1, -0.05) is 0 Å². The third-order valence-electron chi connectivity index (χ3n) is 1.71. The van der Waals surface area contributed by atoms with Crippen molar-refractivity contribution in [2.75, 3.05) is 0 Å². The zero-order valence-corrected chi connectivity index (χ0v) is 9.38. The quantitative estimate of drug-likeness (QED) is 0.629. The van der Waals surface area contributed by atoms with Crippen LogP contribution in [0.4, 0.5) is 4.79 Å². The third-order valence-corrected chi connectivity index (χ3v) is 3.61. The molecule has 0 aromatic heterocycles. The van der Waals surface area contributed by atoms with Crippen LogP contribution in [0.3, 0.4) is 0 Å². The van der Waals surface area contributed by atoms with E-state index in [9.17, 15) is 4.79 Å². The second-order valence-corrected chi connectivity index (χ2v) is 5.43. The first kappa shape index (κ1) is 10.3. The van der Waals surface area contributed by atoms with Gasteiger partial charge in [-0.05, 0) is 0 Å². The molecule has 0 saturated carbocycles. The Morgan fingerprint density at radius 2 is 2.15 bits per heavy atom. The standard InChI is InChI=1S/C10H12AsO2/c12-10(13)11-8-4-7-9-5-2-1-3-6-9/h2-3,5-6,11H,4,7-8H2,(H,12,13). The van der Waals surface area contributed by atoms with E-state index in [1.165, 1.54) is 5.56 Å². The third kappa shape index (κ3) is 4.74. The van der Waals surface area contributed by atoms with Gasteiger partial charge in [-0.25, -0.2) is 0 Å². The van der Waals surface area contributed by atoms with E-state index in [-0.39, 0.29) is 0 Å². The molecule has 0 saturated heterocycles. The van der Waals surface area contributed by atoms with Gasteiger partial charge in [-0.3, -0.25) is 0 Å². The van der Waals surface area contributed by atoms with E-state index in [1.54, 1.807) is 0 Å². The molecule has 0 bridgehead atoms. The first-order valence-electron chi connectivity index (χ1n) is 4.21. The van der Waals surface area contributed by atoms with Gasteiger partial charge < -0.3 is 0 Å². The number of benzene rings is 1. The molecule has 1 unspecified atom stereocenters. The summed E-state index contributed by atoms with van der Waals surface area (Å²) in [4.78, 5) is 10.3. The molecule has 3 heteroatoms. The Hall–Kier alpha value is -0.752. The van der Waals surface area contributed by atoms with Gasteiger partial charge in [0.2, 0.25) is 0 Å². The van der Waals surface area contributed by atoms with Crippen LogP contribution in [0, 0.1) is 6.07 Å². The van der Waals surface area contributed by atoms with Crippen molar-refractivity contribution in [2.45, 2.75) is 18.1 Å². The Bertz CT molecular complexity index is 259. The number of carboxylic acid groups (broad SMARTS) is 1. The summed E-state index contributed by atoms with van der Waals surface area (Å²) in [5.74, 6) is 0. The Morgan fingerprint density at radius 3 is 2.77 bits per heavy atom. The summed E-state index contributed by atoms with van der Waals surface area (Å²) in [6.07, 6.45) is 1.99. The Balaban J connectivity index is 2.17. The van der Waals surface area contributed by atoms with Crippen molar-refractivity contribution in [3.8, 4) is 0 Å². The fourth-order valence-corrected chi connectivity index (χ4v) is 2.27. The molecule has 0 fully saturated rings. The molecular weight excluding hydrogens is 227 g/mol. The van der Waals surface area contributed by atoms with Crippen molar-refractivity contribution >= 4 is 20.5 Å². The normalized spacial score (nSPS) is 10.8. The predicted octanol–water partition coefficient (Wildman–Crippen LogP) is 1.95. The fourth-order valence-electron chi connectivity index (χ4n) is 1.08. The van der Waals surface area contributed by atoms with Crippen LogP contribution >= 0.6 is 0 Å². The van der Waals surface area contributed by atoms with Crippen molar-refractivity contribution in [1.29, 1.82) is 0 Å². The van der Waals surface area contributed by atoms with Gasteiger partial charge in [-0.15, -0.1) is 0 Å². The maximum atomic E-state index is 10.3. The van der Waals surface area contributed by atoms with E-state index in [1.807, 2.05) is 24.3 Å². The summed E-state index contributed by atoms with van der Waals surface area (Å²) in [6, 6.07) is 10.8. The number of carbonyl (C=O) groups is 1. The molecule has 0 aliphatic heterocycles. The van der Waals surface area contributed by atoms with E-state index in [2.05, 4.69) is 6.07 Å². The Morgan fingerprint density at radius 1 is 1.46 bits per heavy atom. The van der Waals surface area contributed by atoms with Crippen LogP contribution in [0.2, 0.25) is 5.21 Å². The van der Waals surface area contributed by atoms with E-state index in [4.69, 9.17) is 5.11 Å². The molecule has 1 aromatic rings. The molecule has 1 atom stereocenters. The molecular formula is C10H12AsO2. The summed E-state index contributed by atoms with van der Waals surface area (Å²) in [7, 11) is 0. The minimum absolute atomic E-state index is 0.582. The van der Waals surface area contributed by atoms with Gasteiger partial charge in [0.1, 0.15) is 0 Å². The topological polar surface area (TPSA) is 37.3 Å². The summed E-state index contributed by atoms with van der Waals surface area (Å²) in [5, 5.41) is 9.34. The second-order valence-electron chi connectivity index (χ2n) is 2.74. The van der Waals surface area contributed by atoms with Gasteiger partial charge >= 0.3 is 84.4 Å². The molecule has 13 heavy (non-hydrogen) atoms. The molecule has 0 spiro atoms. The molecule has 1 radical (unpaired) electrons. The van der Waals surface area contributed by atoms with Crippen LogP contribution in [0.5, 0.6) is 0 Å². The monoisotopic (exact) mass is 239 g/mol. The van der Waals surface area contributed by atoms with Crippen molar-refractivity contribution in [1.82, 2.24) is 0 Å². The van der Waals surface area contributed by atoms with Crippen LogP contribution in [-0.4, -0.2) is 25.6 Å². The van der Waals surface area contributed by atoms with Crippen LogP contribution in [0.1, 0.15) is 12.0 Å². The van der Waals surface area contributed by atoms with E-state index in [0.29, 0.717) is 0 Å². The number of aryl methyl sites for hydroxylation is 1. The first-order chi connectivity index (χ1) is 6.29. The second kappa shape index (κ2) is 5.82. The molecule has 0 amide bonds. The van der Waals surface area contributed by atoms with E-state index >= 15 is 0 Å². The number of rotatable bonds is 5. The zero-order valence-electron chi connectivity index (χ0n) is 7.29. The average molecular weight is 239 g/mol. The summed E-state index contributed by atoms with van der Waals surface area (Å²) in [6.45, 7) is 0. The molecule has 69 valence electrons. The van der Waals surface area contributed by atoms with Crippen molar-refractivity contribution in [2.24, 2.45) is 0 Å². The van der Waals surface area contributed by atoms with Crippen LogP contribution in [-0.2, 0) is 6.42 Å². The van der Waals surface area contributed by atoms with E-state index < -0.39 is 20.5 Å².